The van der Waals surface area contributed by atoms with Crippen LogP contribution in [0.4, 0.5) is 0 Å². The quantitative estimate of drug-likeness (QED) is 0.724. The van der Waals surface area contributed by atoms with Crippen molar-refractivity contribution in [2.45, 2.75) is 46.0 Å². The standard InChI is InChI=1S/C17H31N3O2/c1-13(2)8-17(22)20-11-14-9-19(10-15(14)12-20)16(21)6-4-3-5-7-18/h13-15H,3-12,18H2,1-2H3. The third-order valence-corrected chi connectivity index (χ3v) is 4.87. The Kier molecular flexibility index (Phi) is 6.24. The van der Waals surface area contributed by atoms with Crippen molar-refractivity contribution in [3.8, 4) is 0 Å². The fourth-order valence-corrected chi connectivity index (χ4v) is 3.63. The molecule has 2 atom stereocenters. The minimum absolute atomic E-state index is 0.282. The molecule has 126 valence electrons. The lowest BCUT2D eigenvalue weighted by atomic mass is 10.0. The highest BCUT2D eigenvalue weighted by atomic mass is 16.2. The van der Waals surface area contributed by atoms with Gasteiger partial charge in [-0.3, -0.25) is 9.59 Å². The van der Waals surface area contributed by atoms with Gasteiger partial charge in [-0.2, -0.15) is 0 Å². The van der Waals surface area contributed by atoms with Crippen molar-refractivity contribution < 1.29 is 9.59 Å². The molecule has 0 radical (unpaired) electrons. The first-order chi connectivity index (χ1) is 10.5. The fourth-order valence-electron chi connectivity index (χ4n) is 3.63. The lowest BCUT2D eigenvalue weighted by Crippen LogP contribution is -2.35. The van der Waals surface area contributed by atoms with Crippen LogP contribution in [0.25, 0.3) is 0 Å². The van der Waals surface area contributed by atoms with Gasteiger partial charge in [-0.05, 0) is 25.3 Å². The number of nitrogens with two attached hydrogens (primary N) is 1. The molecule has 2 aliphatic heterocycles. The fraction of sp³-hybridized carbons (Fsp3) is 0.882. The van der Waals surface area contributed by atoms with E-state index < -0.39 is 0 Å². The zero-order valence-electron chi connectivity index (χ0n) is 14.1. The summed E-state index contributed by atoms with van der Waals surface area (Å²) in [6, 6.07) is 0. The topological polar surface area (TPSA) is 66.6 Å². The summed E-state index contributed by atoms with van der Waals surface area (Å²) in [5.74, 6) is 1.96. The molecule has 0 spiro atoms. The maximum atomic E-state index is 12.2. The van der Waals surface area contributed by atoms with E-state index in [1.165, 1.54) is 0 Å². The number of unbranched alkanes of at least 4 members (excludes halogenated alkanes) is 2. The van der Waals surface area contributed by atoms with Crippen LogP contribution in [-0.4, -0.2) is 54.3 Å². The molecule has 2 fully saturated rings. The van der Waals surface area contributed by atoms with Gasteiger partial charge in [0.25, 0.3) is 0 Å². The van der Waals surface area contributed by atoms with Gasteiger partial charge in [0.2, 0.25) is 11.8 Å². The van der Waals surface area contributed by atoms with Crippen molar-refractivity contribution in [3.63, 3.8) is 0 Å². The number of nitrogens with zero attached hydrogens (tertiary/aromatic N) is 2. The predicted octanol–water partition coefficient (Wildman–Crippen LogP) is 1.47. The Morgan fingerprint density at radius 1 is 0.955 bits per heavy atom. The summed E-state index contributed by atoms with van der Waals surface area (Å²) in [4.78, 5) is 28.4. The minimum Gasteiger partial charge on any atom is -0.342 e. The number of hydrogen-bond acceptors (Lipinski definition) is 3. The Labute approximate surface area is 134 Å². The minimum atomic E-state index is 0.282. The molecule has 0 aliphatic carbocycles. The smallest absolute Gasteiger partial charge is 0.222 e. The molecule has 2 aliphatic rings. The Morgan fingerprint density at radius 2 is 1.50 bits per heavy atom. The molecule has 2 amide bonds. The molecular weight excluding hydrogens is 278 g/mol. The molecule has 0 saturated carbocycles. The summed E-state index contributed by atoms with van der Waals surface area (Å²) < 4.78 is 0. The first kappa shape index (κ1) is 17.3. The second-order valence-corrected chi connectivity index (χ2v) is 7.31. The van der Waals surface area contributed by atoms with Crippen LogP contribution >= 0.6 is 0 Å². The van der Waals surface area contributed by atoms with Gasteiger partial charge in [0.1, 0.15) is 0 Å². The van der Waals surface area contributed by atoms with Crippen LogP contribution in [0, 0.1) is 17.8 Å². The molecule has 0 aromatic heterocycles. The van der Waals surface area contributed by atoms with Crippen molar-refractivity contribution in [1.82, 2.24) is 9.80 Å². The number of amides is 2. The first-order valence-corrected chi connectivity index (χ1v) is 8.77. The molecule has 22 heavy (non-hydrogen) atoms. The number of fused-ring (bicyclic) bond motifs is 1. The van der Waals surface area contributed by atoms with Crippen molar-refractivity contribution >= 4 is 11.8 Å². The van der Waals surface area contributed by atoms with Gasteiger partial charge in [0, 0.05) is 50.9 Å². The van der Waals surface area contributed by atoms with Gasteiger partial charge in [-0.15, -0.1) is 0 Å². The van der Waals surface area contributed by atoms with Gasteiger partial charge >= 0.3 is 0 Å². The van der Waals surface area contributed by atoms with Crippen LogP contribution in [0.5, 0.6) is 0 Å². The van der Waals surface area contributed by atoms with Crippen molar-refractivity contribution in [2.24, 2.45) is 23.5 Å². The second kappa shape index (κ2) is 7.95. The van der Waals surface area contributed by atoms with Gasteiger partial charge < -0.3 is 15.5 Å². The molecular formula is C17H31N3O2. The molecule has 2 heterocycles. The predicted molar refractivity (Wildman–Crippen MR) is 87.1 cm³/mol. The van der Waals surface area contributed by atoms with Crippen molar-refractivity contribution in [2.75, 3.05) is 32.7 Å². The lowest BCUT2D eigenvalue weighted by Gasteiger charge is -2.22. The zero-order chi connectivity index (χ0) is 16.1. The van der Waals surface area contributed by atoms with E-state index in [0.717, 1.165) is 45.4 Å². The number of likely N-dealkylation sites (tertiary alicyclic amines) is 2. The Morgan fingerprint density at radius 3 is 2.00 bits per heavy atom. The van der Waals surface area contributed by atoms with E-state index in [1.807, 2.05) is 9.80 Å². The molecule has 2 N–H and O–H groups in total. The molecule has 5 heteroatoms. The summed E-state index contributed by atoms with van der Waals surface area (Å²) >= 11 is 0. The number of carbonyl (C=O) groups is 2. The number of rotatable bonds is 7. The summed E-state index contributed by atoms with van der Waals surface area (Å²) in [5.41, 5.74) is 5.47. The van der Waals surface area contributed by atoms with Crippen molar-refractivity contribution in [3.05, 3.63) is 0 Å². The SMILES string of the molecule is CC(C)CC(=O)N1CC2CN(C(=O)CCCCCN)CC2C1. The third kappa shape index (κ3) is 4.45. The van der Waals surface area contributed by atoms with E-state index >= 15 is 0 Å². The summed E-state index contributed by atoms with van der Waals surface area (Å²) in [7, 11) is 0. The maximum Gasteiger partial charge on any atom is 0.222 e. The maximum absolute atomic E-state index is 12.2. The van der Waals surface area contributed by atoms with Gasteiger partial charge in [0.15, 0.2) is 0 Å². The molecule has 2 rings (SSSR count). The van der Waals surface area contributed by atoms with Crippen LogP contribution in [0.15, 0.2) is 0 Å². The average molecular weight is 309 g/mol. The van der Waals surface area contributed by atoms with Gasteiger partial charge in [0.05, 0.1) is 0 Å². The molecule has 0 aromatic carbocycles. The van der Waals surface area contributed by atoms with Crippen LogP contribution < -0.4 is 5.73 Å². The first-order valence-electron chi connectivity index (χ1n) is 8.77. The Bertz CT molecular complexity index is 383. The lowest BCUT2D eigenvalue weighted by molar-refractivity contribution is -0.132. The van der Waals surface area contributed by atoms with E-state index in [0.29, 0.717) is 37.1 Å². The van der Waals surface area contributed by atoms with E-state index in [1.54, 1.807) is 0 Å². The van der Waals surface area contributed by atoms with E-state index in [9.17, 15) is 9.59 Å². The summed E-state index contributed by atoms with van der Waals surface area (Å²) in [6.45, 7) is 8.24. The Hall–Kier alpha value is -1.10. The van der Waals surface area contributed by atoms with Crippen LogP contribution in [0.1, 0.15) is 46.0 Å². The molecule has 2 saturated heterocycles. The second-order valence-electron chi connectivity index (χ2n) is 7.31. The molecule has 0 bridgehead atoms. The van der Waals surface area contributed by atoms with Gasteiger partial charge in [-0.25, -0.2) is 0 Å². The van der Waals surface area contributed by atoms with Crippen LogP contribution in [0.3, 0.4) is 0 Å². The highest BCUT2D eigenvalue weighted by molar-refractivity contribution is 5.78. The molecule has 5 nitrogen and oxygen atoms in total. The van der Waals surface area contributed by atoms with E-state index in [-0.39, 0.29) is 11.8 Å². The van der Waals surface area contributed by atoms with Gasteiger partial charge in [-0.1, -0.05) is 20.3 Å². The molecule has 0 aromatic rings. The normalized spacial score (nSPS) is 24.2. The average Bonchev–Trinajstić information content (AvgIpc) is 3.01. The Balaban J connectivity index is 1.72. The van der Waals surface area contributed by atoms with Crippen molar-refractivity contribution in [1.29, 1.82) is 0 Å². The van der Waals surface area contributed by atoms with E-state index in [2.05, 4.69) is 13.8 Å². The zero-order valence-corrected chi connectivity index (χ0v) is 14.1. The highest BCUT2D eigenvalue weighted by Gasteiger charge is 2.42. The third-order valence-electron chi connectivity index (χ3n) is 4.87. The van der Waals surface area contributed by atoms with Crippen LogP contribution in [0.2, 0.25) is 0 Å². The van der Waals surface area contributed by atoms with E-state index in [4.69, 9.17) is 5.73 Å². The summed E-state index contributed by atoms with van der Waals surface area (Å²) in [6.07, 6.45) is 4.28. The number of carbonyl (C=O) groups excluding carboxylic acids is 2. The molecule has 2 unspecified atom stereocenters. The monoisotopic (exact) mass is 309 g/mol. The van der Waals surface area contributed by atoms with Crippen LogP contribution in [-0.2, 0) is 9.59 Å². The largest absolute Gasteiger partial charge is 0.342 e. The highest BCUT2D eigenvalue weighted by Crippen LogP contribution is 2.32. The summed E-state index contributed by atoms with van der Waals surface area (Å²) in [5, 5.41) is 0. The number of hydrogen-bond donors (Lipinski definition) is 1.